The van der Waals surface area contributed by atoms with E-state index in [0.29, 0.717) is 12.5 Å². The van der Waals surface area contributed by atoms with Crippen molar-refractivity contribution in [1.29, 1.82) is 0 Å². The largest absolute Gasteiger partial charge is 0.371 e. The number of nitrogens with one attached hydrogen (secondary N) is 1. The van der Waals surface area contributed by atoms with E-state index in [2.05, 4.69) is 39.6 Å². The molecule has 1 aromatic heterocycles. The molecular weight excluding hydrogens is 250 g/mol. The molecule has 0 radical (unpaired) electrons. The van der Waals surface area contributed by atoms with Gasteiger partial charge in [0.15, 0.2) is 0 Å². The average molecular weight is 269 g/mol. The Morgan fingerprint density at radius 3 is 3.00 bits per heavy atom. The van der Waals surface area contributed by atoms with Crippen molar-refractivity contribution in [1.82, 2.24) is 9.97 Å². The summed E-state index contributed by atoms with van der Waals surface area (Å²) in [5.41, 5.74) is 4.77. The minimum absolute atomic E-state index is 0.0742. The van der Waals surface area contributed by atoms with E-state index in [9.17, 15) is 0 Å². The van der Waals surface area contributed by atoms with Gasteiger partial charge in [-0.25, -0.2) is 9.97 Å². The van der Waals surface area contributed by atoms with Gasteiger partial charge in [-0.05, 0) is 37.0 Å². The number of ether oxygens (including phenoxy) is 1. The normalized spacial score (nSPS) is 17.6. The van der Waals surface area contributed by atoms with Crippen LogP contribution in [0.2, 0.25) is 0 Å². The highest BCUT2D eigenvalue weighted by Gasteiger charge is 2.20. The Kier molecular flexibility index (Phi) is 3.65. The number of hydrogen-bond donors (Lipinski definition) is 1. The first kappa shape index (κ1) is 13.1. The highest BCUT2D eigenvalue weighted by atomic mass is 16.5. The first-order valence-corrected chi connectivity index (χ1v) is 6.97. The van der Waals surface area contributed by atoms with Crippen LogP contribution in [0.25, 0.3) is 0 Å². The van der Waals surface area contributed by atoms with Crippen molar-refractivity contribution in [3.05, 3.63) is 52.8 Å². The lowest BCUT2D eigenvalue weighted by Gasteiger charge is -2.26. The smallest absolute Gasteiger partial charge is 0.222 e. The summed E-state index contributed by atoms with van der Waals surface area (Å²) in [5, 5.41) is 3.28. The predicted molar refractivity (Wildman–Crippen MR) is 78.8 cm³/mol. The molecule has 4 nitrogen and oxygen atoms in total. The maximum absolute atomic E-state index is 5.86. The van der Waals surface area contributed by atoms with Crippen LogP contribution in [0, 0.1) is 13.8 Å². The molecule has 0 aliphatic carbocycles. The number of fused-ring (bicyclic) bond motifs is 1. The van der Waals surface area contributed by atoms with Gasteiger partial charge in [0.05, 0.1) is 6.61 Å². The Balaban J connectivity index is 1.71. The van der Waals surface area contributed by atoms with Crippen LogP contribution < -0.4 is 5.32 Å². The van der Waals surface area contributed by atoms with E-state index in [4.69, 9.17) is 4.74 Å². The van der Waals surface area contributed by atoms with Gasteiger partial charge in [-0.15, -0.1) is 0 Å². The molecule has 4 heteroatoms. The van der Waals surface area contributed by atoms with Crippen molar-refractivity contribution in [2.45, 2.75) is 26.4 Å². The molecule has 0 fully saturated rings. The molecule has 1 N–H and O–H groups in total. The van der Waals surface area contributed by atoms with Gasteiger partial charge in [0.2, 0.25) is 5.95 Å². The van der Waals surface area contributed by atoms with Gasteiger partial charge >= 0.3 is 0 Å². The molecule has 20 heavy (non-hydrogen) atoms. The third kappa shape index (κ3) is 2.65. The molecule has 104 valence electrons. The van der Waals surface area contributed by atoms with Crippen molar-refractivity contribution in [3.8, 4) is 0 Å². The van der Waals surface area contributed by atoms with Crippen LogP contribution in [0.4, 0.5) is 5.95 Å². The summed E-state index contributed by atoms with van der Waals surface area (Å²) in [4.78, 5) is 8.74. The monoisotopic (exact) mass is 269 g/mol. The number of aryl methyl sites for hydroxylation is 2. The van der Waals surface area contributed by atoms with Gasteiger partial charge in [-0.1, -0.05) is 24.3 Å². The third-order valence-corrected chi connectivity index (χ3v) is 3.76. The minimum atomic E-state index is 0.0742. The summed E-state index contributed by atoms with van der Waals surface area (Å²) in [6, 6.07) is 8.47. The van der Waals surface area contributed by atoms with E-state index >= 15 is 0 Å². The number of nitrogens with zero attached hydrogens (tertiary/aromatic N) is 2. The minimum Gasteiger partial charge on any atom is -0.371 e. The van der Waals surface area contributed by atoms with Crippen LogP contribution in [0.5, 0.6) is 0 Å². The van der Waals surface area contributed by atoms with E-state index in [1.807, 2.05) is 20.0 Å². The maximum atomic E-state index is 5.86. The van der Waals surface area contributed by atoms with Crippen molar-refractivity contribution in [3.63, 3.8) is 0 Å². The molecule has 1 aromatic carbocycles. The van der Waals surface area contributed by atoms with E-state index < -0.39 is 0 Å². The van der Waals surface area contributed by atoms with Crippen molar-refractivity contribution in [2.75, 3.05) is 18.5 Å². The lowest BCUT2D eigenvalue weighted by atomic mass is 9.98. The molecule has 1 unspecified atom stereocenters. The van der Waals surface area contributed by atoms with Gasteiger partial charge in [-0.3, -0.25) is 0 Å². The Bertz CT molecular complexity index is 612. The maximum Gasteiger partial charge on any atom is 0.222 e. The Morgan fingerprint density at radius 1 is 1.30 bits per heavy atom. The molecular formula is C16H19N3O. The summed E-state index contributed by atoms with van der Waals surface area (Å²) in [6.45, 7) is 5.48. The molecule has 1 atom stereocenters. The molecule has 0 bridgehead atoms. The number of benzene rings is 1. The summed E-state index contributed by atoms with van der Waals surface area (Å²) in [6.07, 6.45) is 2.91. The molecule has 0 saturated carbocycles. The van der Waals surface area contributed by atoms with Crippen molar-refractivity contribution < 1.29 is 4.74 Å². The summed E-state index contributed by atoms with van der Waals surface area (Å²) in [7, 11) is 0. The number of rotatable bonds is 3. The first-order valence-electron chi connectivity index (χ1n) is 6.97. The van der Waals surface area contributed by atoms with E-state index in [1.54, 1.807) is 0 Å². The van der Waals surface area contributed by atoms with Gasteiger partial charge in [0, 0.05) is 18.4 Å². The van der Waals surface area contributed by atoms with E-state index in [-0.39, 0.29) is 6.10 Å². The zero-order chi connectivity index (χ0) is 13.9. The molecule has 2 aromatic rings. The lowest BCUT2D eigenvalue weighted by Crippen LogP contribution is -2.23. The number of anilines is 1. The van der Waals surface area contributed by atoms with Gasteiger partial charge in [0.1, 0.15) is 6.10 Å². The fraction of sp³-hybridized carbons (Fsp3) is 0.375. The Labute approximate surface area is 119 Å². The van der Waals surface area contributed by atoms with Crippen LogP contribution in [0.1, 0.15) is 28.5 Å². The third-order valence-electron chi connectivity index (χ3n) is 3.76. The average Bonchev–Trinajstić information content (AvgIpc) is 2.48. The second-order valence-electron chi connectivity index (χ2n) is 5.15. The fourth-order valence-electron chi connectivity index (χ4n) is 2.44. The standard InChI is InChI=1S/C16H19N3O/c1-11-9-17-16(19-12(11)2)18-10-15-14-6-4-3-5-13(14)7-8-20-15/h3-6,9,15H,7-8,10H2,1-2H3,(H,17,18,19). The predicted octanol–water partition coefficient (Wildman–Crippen LogP) is 2.82. The van der Waals surface area contributed by atoms with Crippen LogP contribution in [-0.4, -0.2) is 23.1 Å². The molecule has 2 heterocycles. The second-order valence-corrected chi connectivity index (χ2v) is 5.15. The molecule has 1 aliphatic heterocycles. The van der Waals surface area contributed by atoms with Crippen molar-refractivity contribution in [2.24, 2.45) is 0 Å². The summed E-state index contributed by atoms with van der Waals surface area (Å²) in [5.74, 6) is 0.666. The highest BCUT2D eigenvalue weighted by Crippen LogP contribution is 2.26. The second kappa shape index (κ2) is 5.59. The molecule has 3 rings (SSSR count). The first-order chi connectivity index (χ1) is 9.74. The molecule has 1 aliphatic rings. The molecule has 0 saturated heterocycles. The van der Waals surface area contributed by atoms with Crippen LogP contribution in [0.3, 0.4) is 0 Å². The molecule has 0 spiro atoms. The van der Waals surface area contributed by atoms with Crippen LogP contribution in [0.15, 0.2) is 30.5 Å². The molecule has 0 amide bonds. The SMILES string of the molecule is Cc1cnc(NCC2OCCc3ccccc32)nc1C. The van der Waals surface area contributed by atoms with Gasteiger partial charge in [0.25, 0.3) is 0 Å². The number of hydrogen-bond acceptors (Lipinski definition) is 4. The summed E-state index contributed by atoms with van der Waals surface area (Å²) >= 11 is 0. The van der Waals surface area contributed by atoms with Crippen LogP contribution >= 0.6 is 0 Å². The van der Waals surface area contributed by atoms with Crippen LogP contribution in [-0.2, 0) is 11.2 Å². The van der Waals surface area contributed by atoms with Crippen molar-refractivity contribution >= 4 is 5.95 Å². The topological polar surface area (TPSA) is 47.0 Å². The van der Waals surface area contributed by atoms with E-state index in [0.717, 1.165) is 24.3 Å². The zero-order valence-corrected chi connectivity index (χ0v) is 11.9. The fourth-order valence-corrected chi connectivity index (χ4v) is 2.44. The van der Waals surface area contributed by atoms with E-state index in [1.165, 1.54) is 11.1 Å². The van der Waals surface area contributed by atoms with Gasteiger partial charge in [-0.2, -0.15) is 0 Å². The Hall–Kier alpha value is -1.94. The van der Waals surface area contributed by atoms with Gasteiger partial charge < -0.3 is 10.1 Å². The Morgan fingerprint density at radius 2 is 2.15 bits per heavy atom. The zero-order valence-electron chi connectivity index (χ0n) is 11.9. The number of aromatic nitrogens is 2. The quantitative estimate of drug-likeness (QED) is 0.930. The lowest BCUT2D eigenvalue weighted by molar-refractivity contribution is 0.0512. The summed E-state index contributed by atoms with van der Waals surface area (Å²) < 4.78 is 5.86. The highest BCUT2D eigenvalue weighted by molar-refractivity contribution is 5.34.